The fourth-order valence-electron chi connectivity index (χ4n) is 1.79. The number of amides is 1. The zero-order valence-electron chi connectivity index (χ0n) is 12.8. The molecule has 0 aliphatic rings. The monoisotopic (exact) mass is 334 g/mol. The summed E-state index contributed by atoms with van der Waals surface area (Å²) in [6, 6.07) is 8.86. The lowest BCUT2D eigenvalue weighted by Gasteiger charge is -2.14. The summed E-state index contributed by atoms with van der Waals surface area (Å²) in [6.45, 7) is 1.36. The van der Waals surface area contributed by atoms with Crippen LogP contribution in [0.25, 0.3) is 0 Å². The predicted octanol–water partition coefficient (Wildman–Crippen LogP) is 2.38. The molecule has 0 radical (unpaired) electrons. The molecule has 0 spiro atoms. The van der Waals surface area contributed by atoms with Gasteiger partial charge in [0, 0.05) is 0 Å². The van der Waals surface area contributed by atoms with Gasteiger partial charge in [-0.3, -0.25) is 14.9 Å². The van der Waals surface area contributed by atoms with E-state index >= 15 is 0 Å². The molecule has 0 saturated carbocycles. The maximum absolute atomic E-state index is 12.1. The molecule has 1 amide bonds. The number of nitro groups is 1. The topological polar surface area (TPSA) is 121 Å². The number of nitrogens with one attached hydrogen (secondary N) is 1. The zero-order chi connectivity index (χ0) is 17.7. The first-order valence-electron chi connectivity index (χ1n) is 6.81. The Bertz CT molecular complexity index is 769. The second kappa shape index (κ2) is 7.27. The van der Waals surface area contributed by atoms with E-state index in [0.29, 0.717) is 11.4 Å². The average molecular weight is 334 g/mol. The number of hydrogen-bond donors (Lipinski definition) is 1. The van der Waals surface area contributed by atoms with Gasteiger partial charge in [0.25, 0.3) is 5.91 Å². The lowest BCUT2D eigenvalue weighted by Crippen LogP contribution is -2.30. The maximum atomic E-state index is 12.1. The second-order valence-corrected chi connectivity index (χ2v) is 4.63. The van der Waals surface area contributed by atoms with Gasteiger partial charge < -0.3 is 19.2 Å². The Morgan fingerprint density at radius 3 is 2.58 bits per heavy atom. The Morgan fingerprint density at radius 2 is 1.96 bits per heavy atom. The molecule has 1 aromatic carbocycles. The van der Waals surface area contributed by atoms with Crippen molar-refractivity contribution in [1.29, 1.82) is 0 Å². The normalized spacial score (nSPS) is 11.4. The smallest absolute Gasteiger partial charge is 0.433 e. The molecule has 0 unspecified atom stereocenters. The molecule has 0 aliphatic heterocycles. The van der Waals surface area contributed by atoms with E-state index in [1.54, 1.807) is 24.3 Å². The van der Waals surface area contributed by atoms with Gasteiger partial charge in [0.1, 0.15) is 10.7 Å². The zero-order valence-corrected chi connectivity index (χ0v) is 12.8. The van der Waals surface area contributed by atoms with Crippen molar-refractivity contribution < 1.29 is 28.4 Å². The fourth-order valence-corrected chi connectivity index (χ4v) is 1.79. The minimum absolute atomic E-state index is 0.362. The maximum Gasteiger partial charge on any atom is 0.433 e. The number of nitrogens with zero attached hydrogens (tertiary/aromatic N) is 1. The lowest BCUT2D eigenvalue weighted by atomic mass is 10.2. The van der Waals surface area contributed by atoms with Gasteiger partial charge in [-0.25, -0.2) is 4.79 Å². The summed E-state index contributed by atoms with van der Waals surface area (Å²) >= 11 is 0. The molecule has 1 heterocycles. The minimum Gasteiger partial charge on any atom is -0.495 e. The van der Waals surface area contributed by atoms with Crippen molar-refractivity contribution in [3.05, 3.63) is 52.3 Å². The quantitative estimate of drug-likeness (QED) is 0.489. The Balaban J connectivity index is 2.00. The van der Waals surface area contributed by atoms with E-state index in [0.717, 1.165) is 12.1 Å². The Labute approximate surface area is 136 Å². The molecule has 24 heavy (non-hydrogen) atoms. The van der Waals surface area contributed by atoms with Gasteiger partial charge in [-0.15, -0.1) is 0 Å². The molecule has 0 fully saturated rings. The molecule has 0 saturated heterocycles. The van der Waals surface area contributed by atoms with E-state index in [1.807, 2.05) is 0 Å². The van der Waals surface area contributed by atoms with Crippen molar-refractivity contribution in [3.8, 4) is 5.75 Å². The average Bonchev–Trinajstić information content (AvgIpc) is 3.05. The SMILES string of the molecule is COc1ccccc1NC(=O)[C@H](C)OC(=O)c1ccc([N+](=O)[O-])o1. The Morgan fingerprint density at radius 1 is 1.25 bits per heavy atom. The number of furan rings is 1. The van der Waals surface area contributed by atoms with E-state index < -0.39 is 28.8 Å². The van der Waals surface area contributed by atoms with Gasteiger partial charge in [-0.2, -0.15) is 0 Å². The van der Waals surface area contributed by atoms with Gasteiger partial charge in [0.15, 0.2) is 6.10 Å². The van der Waals surface area contributed by atoms with Crippen LogP contribution >= 0.6 is 0 Å². The van der Waals surface area contributed by atoms with E-state index in [-0.39, 0.29) is 5.76 Å². The van der Waals surface area contributed by atoms with Crippen LogP contribution in [0.3, 0.4) is 0 Å². The number of hydrogen-bond acceptors (Lipinski definition) is 7. The third kappa shape index (κ3) is 3.88. The van der Waals surface area contributed by atoms with Crippen LogP contribution in [0.2, 0.25) is 0 Å². The predicted molar refractivity (Wildman–Crippen MR) is 81.9 cm³/mol. The van der Waals surface area contributed by atoms with E-state index in [4.69, 9.17) is 13.9 Å². The van der Waals surface area contributed by atoms with Crippen LogP contribution in [0.15, 0.2) is 40.8 Å². The van der Waals surface area contributed by atoms with E-state index in [9.17, 15) is 19.7 Å². The van der Waals surface area contributed by atoms with E-state index in [2.05, 4.69) is 5.32 Å². The van der Waals surface area contributed by atoms with Crippen LogP contribution in [0.1, 0.15) is 17.5 Å². The highest BCUT2D eigenvalue weighted by atomic mass is 16.7. The molecular weight excluding hydrogens is 320 g/mol. The number of methoxy groups -OCH3 is 1. The highest BCUT2D eigenvalue weighted by Gasteiger charge is 2.24. The first-order valence-corrected chi connectivity index (χ1v) is 6.81. The molecule has 1 aromatic heterocycles. The highest BCUT2D eigenvalue weighted by Crippen LogP contribution is 2.23. The fraction of sp³-hybridized carbons (Fsp3) is 0.200. The van der Waals surface area contributed by atoms with Gasteiger partial charge in [-0.05, 0) is 25.1 Å². The van der Waals surface area contributed by atoms with Gasteiger partial charge in [0.05, 0.1) is 18.9 Å². The van der Waals surface area contributed by atoms with Crippen molar-refractivity contribution in [3.63, 3.8) is 0 Å². The first-order chi connectivity index (χ1) is 11.4. The molecule has 9 heteroatoms. The number of carbonyl (C=O) groups excluding carboxylic acids is 2. The van der Waals surface area contributed by atoms with Crippen LogP contribution in [0.5, 0.6) is 5.75 Å². The van der Waals surface area contributed by atoms with Crippen molar-refractivity contribution in [2.24, 2.45) is 0 Å². The minimum atomic E-state index is -1.15. The molecule has 1 atom stereocenters. The molecule has 9 nitrogen and oxygen atoms in total. The number of ether oxygens (including phenoxy) is 2. The summed E-state index contributed by atoms with van der Waals surface area (Å²) in [5.41, 5.74) is 0.418. The van der Waals surface area contributed by atoms with Crippen molar-refractivity contribution in [2.75, 3.05) is 12.4 Å². The molecular formula is C15H14N2O7. The second-order valence-electron chi connectivity index (χ2n) is 4.63. The van der Waals surface area contributed by atoms with Gasteiger partial charge in [-0.1, -0.05) is 12.1 Å². The number of esters is 1. The molecule has 2 aromatic rings. The summed E-state index contributed by atoms with van der Waals surface area (Å²) in [7, 11) is 1.46. The summed E-state index contributed by atoms with van der Waals surface area (Å²) in [5, 5.41) is 13.1. The van der Waals surface area contributed by atoms with Crippen LogP contribution in [-0.2, 0) is 9.53 Å². The van der Waals surface area contributed by atoms with Crippen LogP contribution in [0, 0.1) is 10.1 Å². The molecule has 126 valence electrons. The Hall–Kier alpha value is -3.36. The highest BCUT2D eigenvalue weighted by molar-refractivity contribution is 5.97. The lowest BCUT2D eigenvalue weighted by molar-refractivity contribution is -0.402. The van der Waals surface area contributed by atoms with Crippen molar-refractivity contribution >= 4 is 23.4 Å². The van der Waals surface area contributed by atoms with Gasteiger partial charge >= 0.3 is 11.9 Å². The van der Waals surface area contributed by atoms with Crippen molar-refractivity contribution in [2.45, 2.75) is 13.0 Å². The molecule has 0 aliphatic carbocycles. The molecule has 2 rings (SSSR count). The number of benzene rings is 1. The van der Waals surface area contributed by atoms with E-state index in [1.165, 1.54) is 14.0 Å². The largest absolute Gasteiger partial charge is 0.495 e. The van der Waals surface area contributed by atoms with Crippen LogP contribution < -0.4 is 10.1 Å². The third-order valence-corrected chi connectivity index (χ3v) is 2.99. The van der Waals surface area contributed by atoms with Crippen LogP contribution in [0.4, 0.5) is 11.6 Å². The van der Waals surface area contributed by atoms with Crippen molar-refractivity contribution in [1.82, 2.24) is 0 Å². The Kier molecular flexibility index (Phi) is 5.15. The molecule has 1 N–H and O–H groups in total. The number of anilines is 1. The summed E-state index contributed by atoms with van der Waals surface area (Å²) < 4.78 is 14.7. The third-order valence-electron chi connectivity index (χ3n) is 2.99. The molecule has 0 bridgehead atoms. The first kappa shape index (κ1) is 17.0. The number of carbonyl (C=O) groups is 2. The van der Waals surface area contributed by atoms with Gasteiger partial charge in [0.2, 0.25) is 5.76 Å². The number of rotatable bonds is 6. The summed E-state index contributed by atoms with van der Waals surface area (Å²) in [4.78, 5) is 33.6. The standard InChI is InChI=1S/C15H14N2O7/c1-9(14(18)16-10-5-3-4-6-11(10)22-2)23-15(19)12-7-8-13(24-12)17(20)21/h3-9H,1-2H3,(H,16,18)/t9-/m0/s1. The number of para-hydroxylation sites is 2. The van der Waals surface area contributed by atoms with Crippen LogP contribution in [-0.4, -0.2) is 30.0 Å². The summed E-state index contributed by atoms with van der Waals surface area (Å²) in [6.07, 6.45) is -1.15. The summed E-state index contributed by atoms with van der Waals surface area (Å²) in [5.74, 6) is -2.07.